The van der Waals surface area contributed by atoms with Gasteiger partial charge in [0.15, 0.2) is 0 Å². The third-order valence-corrected chi connectivity index (χ3v) is 4.38. The van der Waals surface area contributed by atoms with Gasteiger partial charge in [-0.25, -0.2) is 0 Å². The second-order valence-corrected chi connectivity index (χ2v) is 5.88. The van der Waals surface area contributed by atoms with Crippen molar-refractivity contribution in [1.82, 2.24) is 0 Å². The average molecular weight is 271 g/mol. The van der Waals surface area contributed by atoms with E-state index in [2.05, 4.69) is 12.2 Å². The van der Waals surface area contributed by atoms with Crippen LogP contribution in [-0.4, -0.2) is 11.8 Å². The van der Waals surface area contributed by atoms with Gasteiger partial charge in [0.2, 0.25) is 0 Å². The van der Waals surface area contributed by atoms with Gasteiger partial charge < -0.3 is 5.32 Å². The molecular formula is C14H19F2NS. The maximum absolute atomic E-state index is 12.5. The number of nitrogens with one attached hydrogen (secondary N) is 1. The van der Waals surface area contributed by atoms with Gasteiger partial charge in [-0.1, -0.05) is 36.7 Å². The molecule has 1 aromatic rings. The molecule has 18 heavy (non-hydrogen) atoms. The molecule has 1 aliphatic rings. The highest BCUT2D eigenvalue weighted by Crippen LogP contribution is 2.34. The Morgan fingerprint density at radius 3 is 2.56 bits per heavy atom. The number of rotatable bonds is 5. The van der Waals surface area contributed by atoms with Crippen LogP contribution < -0.4 is 5.32 Å². The third kappa shape index (κ3) is 3.61. The summed E-state index contributed by atoms with van der Waals surface area (Å²) in [4.78, 5) is 0.636. The zero-order valence-electron chi connectivity index (χ0n) is 10.5. The summed E-state index contributed by atoms with van der Waals surface area (Å²) in [5.74, 6) is -1.69. The molecule has 1 N–H and O–H groups in total. The molecule has 4 heteroatoms. The summed E-state index contributed by atoms with van der Waals surface area (Å²) in [6.45, 7) is 2.15. The van der Waals surface area contributed by atoms with Gasteiger partial charge in [-0.3, -0.25) is 0 Å². The van der Waals surface area contributed by atoms with Gasteiger partial charge in [-0.05, 0) is 37.8 Å². The maximum atomic E-state index is 12.5. The molecule has 1 aromatic carbocycles. The summed E-state index contributed by atoms with van der Waals surface area (Å²) in [5, 5.41) is 3.40. The first-order valence-corrected chi connectivity index (χ1v) is 7.35. The third-order valence-electron chi connectivity index (χ3n) is 3.59. The van der Waals surface area contributed by atoms with Crippen LogP contribution in [0.1, 0.15) is 32.6 Å². The van der Waals surface area contributed by atoms with Crippen LogP contribution in [0.4, 0.5) is 14.5 Å². The lowest BCUT2D eigenvalue weighted by Crippen LogP contribution is -2.24. The molecule has 1 nitrogen and oxygen atoms in total. The molecule has 0 aliphatic heterocycles. The van der Waals surface area contributed by atoms with Gasteiger partial charge in [-0.2, -0.15) is 8.78 Å². The van der Waals surface area contributed by atoms with Crippen LogP contribution in [0, 0.1) is 5.92 Å². The molecule has 1 unspecified atom stereocenters. The Bertz CT molecular complexity index is 378. The van der Waals surface area contributed by atoms with Crippen LogP contribution in [0.5, 0.6) is 0 Å². The fraction of sp³-hybridized carbons (Fsp3) is 0.571. The number of alkyl halides is 2. The van der Waals surface area contributed by atoms with Gasteiger partial charge in [0, 0.05) is 16.6 Å². The van der Waals surface area contributed by atoms with Crippen molar-refractivity contribution in [2.75, 3.05) is 5.32 Å². The van der Waals surface area contributed by atoms with E-state index in [4.69, 9.17) is 0 Å². The number of hydrogen-bond donors (Lipinski definition) is 1. The van der Waals surface area contributed by atoms with Crippen LogP contribution >= 0.6 is 11.8 Å². The second kappa shape index (κ2) is 6.41. The second-order valence-electron chi connectivity index (χ2n) is 4.85. The summed E-state index contributed by atoms with van der Waals surface area (Å²) in [7, 11) is 0. The minimum Gasteiger partial charge on any atom is -0.381 e. The van der Waals surface area contributed by atoms with Crippen LogP contribution in [0.15, 0.2) is 29.2 Å². The van der Waals surface area contributed by atoms with Gasteiger partial charge in [0.1, 0.15) is 0 Å². The normalized spacial score (nSPS) is 18.2. The smallest absolute Gasteiger partial charge is 0.288 e. The summed E-state index contributed by atoms with van der Waals surface area (Å²) >= 11 is 0.614. The van der Waals surface area contributed by atoms with Crippen molar-refractivity contribution in [1.29, 1.82) is 0 Å². The van der Waals surface area contributed by atoms with Crippen LogP contribution in [0.3, 0.4) is 0 Å². The van der Waals surface area contributed by atoms with Crippen LogP contribution in [-0.2, 0) is 0 Å². The Balaban J connectivity index is 2.03. The lowest BCUT2D eigenvalue weighted by molar-refractivity contribution is 0.252. The fourth-order valence-corrected chi connectivity index (χ4v) is 3.21. The first-order chi connectivity index (χ1) is 8.66. The number of benzene rings is 1. The number of hydrogen-bond acceptors (Lipinski definition) is 2. The van der Waals surface area contributed by atoms with Gasteiger partial charge in [0.25, 0.3) is 5.76 Å². The minimum absolute atomic E-state index is 0.354. The highest BCUT2D eigenvalue weighted by molar-refractivity contribution is 7.99. The molecule has 0 amide bonds. The van der Waals surface area contributed by atoms with Crippen molar-refractivity contribution in [2.24, 2.45) is 5.92 Å². The van der Waals surface area contributed by atoms with Crippen molar-refractivity contribution in [3.8, 4) is 0 Å². The van der Waals surface area contributed by atoms with E-state index in [1.54, 1.807) is 12.1 Å². The molecule has 100 valence electrons. The van der Waals surface area contributed by atoms with Crippen molar-refractivity contribution >= 4 is 17.4 Å². The summed E-state index contributed by atoms with van der Waals surface area (Å²) in [5.41, 5.74) is 0.835. The highest BCUT2D eigenvalue weighted by atomic mass is 32.2. The van der Waals surface area contributed by atoms with E-state index in [9.17, 15) is 8.78 Å². The standard InChI is InChI=1S/C14H19F2NS/c1-10(11-6-2-3-7-11)17-12-8-4-5-9-13(12)18-14(15)16/h4-5,8-11,14,17H,2-3,6-7H2,1H3. The predicted molar refractivity (Wildman–Crippen MR) is 73.3 cm³/mol. The molecule has 1 aliphatic carbocycles. The quantitative estimate of drug-likeness (QED) is 0.757. The maximum Gasteiger partial charge on any atom is 0.288 e. The molecule has 0 spiro atoms. The van der Waals surface area contributed by atoms with E-state index in [0.717, 1.165) is 5.69 Å². The monoisotopic (exact) mass is 271 g/mol. The molecule has 2 rings (SSSR count). The zero-order chi connectivity index (χ0) is 13.0. The number of halogens is 2. The van der Waals surface area contributed by atoms with E-state index in [-0.39, 0.29) is 0 Å². The molecule has 0 aromatic heterocycles. The minimum atomic E-state index is -2.37. The van der Waals surface area contributed by atoms with Crippen molar-refractivity contribution in [3.05, 3.63) is 24.3 Å². The largest absolute Gasteiger partial charge is 0.381 e. The Morgan fingerprint density at radius 1 is 1.22 bits per heavy atom. The van der Waals surface area contributed by atoms with Crippen LogP contribution in [0.25, 0.3) is 0 Å². The van der Waals surface area contributed by atoms with Gasteiger partial charge in [0.05, 0.1) is 0 Å². The first kappa shape index (κ1) is 13.7. The SMILES string of the molecule is CC(Nc1ccccc1SC(F)F)C1CCCC1. The fourth-order valence-electron chi connectivity index (χ4n) is 2.61. The van der Waals surface area contributed by atoms with E-state index >= 15 is 0 Å². The predicted octanol–water partition coefficient (Wildman–Crippen LogP) is 4.99. The first-order valence-electron chi connectivity index (χ1n) is 6.47. The Kier molecular flexibility index (Phi) is 4.87. The van der Waals surface area contributed by atoms with E-state index in [0.29, 0.717) is 28.6 Å². The van der Waals surface area contributed by atoms with Crippen molar-refractivity contribution in [3.63, 3.8) is 0 Å². The van der Waals surface area contributed by atoms with Crippen molar-refractivity contribution < 1.29 is 8.78 Å². The Morgan fingerprint density at radius 2 is 1.89 bits per heavy atom. The topological polar surface area (TPSA) is 12.0 Å². The van der Waals surface area contributed by atoms with Crippen LogP contribution in [0.2, 0.25) is 0 Å². The van der Waals surface area contributed by atoms with E-state index < -0.39 is 5.76 Å². The summed E-state index contributed by atoms with van der Waals surface area (Å²) < 4.78 is 24.9. The molecule has 1 fully saturated rings. The van der Waals surface area contributed by atoms with Gasteiger partial charge in [-0.15, -0.1) is 0 Å². The van der Waals surface area contributed by atoms with Gasteiger partial charge >= 0.3 is 0 Å². The molecule has 0 bridgehead atoms. The Hall–Kier alpha value is -0.770. The Labute approximate surface area is 111 Å². The molecule has 1 atom stereocenters. The van der Waals surface area contributed by atoms with E-state index in [1.165, 1.54) is 25.7 Å². The molecule has 0 radical (unpaired) electrons. The summed E-state index contributed by atoms with van der Waals surface area (Å²) in [6, 6.07) is 7.68. The van der Waals surface area contributed by atoms with E-state index in [1.807, 2.05) is 12.1 Å². The molecule has 1 saturated carbocycles. The number of para-hydroxylation sites is 1. The number of anilines is 1. The molecule has 0 heterocycles. The highest BCUT2D eigenvalue weighted by Gasteiger charge is 2.22. The molecular weight excluding hydrogens is 252 g/mol. The lowest BCUT2D eigenvalue weighted by Gasteiger charge is -2.23. The molecule has 0 saturated heterocycles. The van der Waals surface area contributed by atoms with Crippen molar-refractivity contribution in [2.45, 2.75) is 49.3 Å². The average Bonchev–Trinajstić information content (AvgIpc) is 2.84. The zero-order valence-corrected chi connectivity index (χ0v) is 11.4. The lowest BCUT2D eigenvalue weighted by atomic mass is 9.99. The number of thioether (sulfide) groups is 1. The summed E-state index contributed by atoms with van der Waals surface area (Å²) in [6.07, 6.45) is 5.09.